The molecule has 0 saturated carbocycles. The fourth-order valence-corrected chi connectivity index (χ4v) is 1.71. The third kappa shape index (κ3) is 2.41. The number of hydrogen-bond acceptors (Lipinski definition) is 5. The van der Waals surface area contributed by atoms with Gasteiger partial charge in [-0.15, -0.1) is 0 Å². The van der Waals surface area contributed by atoms with Crippen LogP contribution in [-0.4, -0.2) is 27.0 Å². The van der Waals surface area contributed by atoms with Gasteiger partial charge in [-0.1, -0.05) is 0 Å². The Bertz CT molecular complexity index is 538. The Balaban J connectivity index is 2.52. The lowest BCUT2D eigenvalue weighted by atomic mass is 10.3. The number of nitrogens with one attached hydrogen (secondary N) is 1. The average Bonchev–Trinajstić information content (AvgIpc) is 2.33. The lowest BCUT2D eigenvalue weighted by molar-refractivity contribution is 1.03. The number of anilines is 1. The standard InChI is InChI=1S/C11H12BrN5/c1-6-4-14-10(15-5-6)11-16-7(2)8(12)9(13-3)17-11/h4-5H,1-3H3,(H,13,16,17). The van der Waals surface area contributed by atoms with Crippen molar-refractivity contribution in [2.45, 2.75) is 13.8 Å². The zero-order valence-electron chi connectivity index (χ0n) is 9.82. The largest absolute Gasteiger partial charge is 0.372 e. The molecule has 0 aliphatic rings. The summed E-state index contributed by atoms with van der Waals surface area (Å²) in [5.74, 6) is 1.79. The molecule has 0 amide bonds. The minimum absolute atomic E-state index is 0.523. The van der Waals surface area contributed by atoms with E-state index in [9.17, 15) is 0 Å². The molecule has 2 rings (SSSR count). The first kappa shape index (κ1) is 11.9. The molecule has 88 valence electrons. The van der Waals surface area contributed by atoms with Crippen LogP contribution in [0.1, 0.15) is 11.3 Å². The van der Waals surface area contributed by atoms with E-state index in [-0.39, 0.29) is 0 Å². The van der Waals surface area contributed by atoms with Crippen LogP contribution < -0.4 is 5.32 Å². The SMILES string of the molecule is CNc1nc(-c2ncc(C)cn2)nc(C)c1Br. The van der Waals surface area contributed by atoms with E-state index < -0.39 is 0 Å². The number of halogens is 1. The molecule has 17 heavy (non-hydrogen) atoms. The first-order chi connectivity index (χ1) is 8.11. The Morgan fingerprint density at radius 2 is 1.71 bits per heavy atom. The molecule has 0 aromatic carbocycles. The summed E-state index contributed by atoms with van der Waals surface area (Å²) in [4.78, 5) is 17.1. The summed E-state index contributed by atoms with van der Waals surface area (Å²) < 4.78 is 0.857. The van der Waals surface area contributed by atoms with E-state index in [1.807, 2.05) is 20.9 Å². The van der Waals surface area contributed by atoms with Crippen molar-refractivity contribution in [1.29, 1.82) is 0 Å². The fourth-order valence-electron chi connectivity index (χ4n) is 1.33. The van der Waals surface area contributed by atoms with Crippen LogP contribution in [0.15, 0.2) is 16.9 Å². The van der Waals surface area contributed by atoms with Crippen molar-refractivity contribution in [1.82, 2.24) is 19.9 Å². The van der Waals surface area contributed by atoms with Gasteiger partial charge >= 0.3 is 0 Å². The predicted octanol–water partition coefficient (Wildman–Crippen LogP) is 2.35. The van der Waals surface area contributed by atoms with Crippen LogP contribution in [0, 0.1) is 13.8 Å². The molecular formula is C11H12BrN5. The number of nitrogens with zero attached hydrogens (tertiary/aromatic N) is 4. The molecule has 1 N–H and O–H groups in total. The smallest absolute Gasteiger partial charge is 0.199 e. The molecule has 0 radical (unpaired) electrons. The zero-order valence-corrected chi connectivity index (χ0v) is 11.4. The molecular weight excluding hydrogens is 282 g/mol. The Kier molecular flexibility index (Phi) is 3.33. The van der Waals surface area contributed by atoms with Gasteiger partial charge in [-0.25, -0.2) is 19.9 Å². The fraction of sp³-hybridized carbons (Fsp3) is 0.273. The van der Waals surface area contributed by atoms with E-state index in [4.69, 9.17) is 0 Å². The summed E-state index contributed by atoms with van der Waals surface area (Å²) >= 11 is 3.43. The maximum Gasteiger partial charge on any atom is 0.199 e. The monoisotopic (exact) mass is 293 g/mol. The molecule has 2 aromatic rings. The Morgan fingerprint density at radius 3 is 2.29 bits per heavy atom. The molecule has 0 fully saturated rings. The van der Waals surface area contributed by atoms with Gasteiger partial charge < -0.3 is 5.32 Å². The van der Waals surface area contributed by atoms with Crippen molar-refractivity contribution in [3.63, 3.8) is 0 Å². The molecule has 0 unspecified atom stereocenters. The van der Waals surface area contributed by atoms with Gasteiger partial charge in [0.05, 0.1) is 10.2 Å². The predicted molar refractivity (Wildman–Crippen MR) is 69.8 cm³/mol. The van der Waals surface area contributed by atoms with Gasteiger partial charge in [-0.3, -0.25) is 0 Å². The maximum absolute atomic E-state index is 4.36. The summed E-state index contributed by atoms with van der Waals surface area (Å²) in [6, 6.07) is 0. The topological polar surface area (TPSA) is 63.6 Å². The average molecular weight is 294 g/mol. The Hall–Kier alpha value is -1.56. The normalized spacial score (nSPS) is 10.4. The summed E-state index contributed by atoms with van der Waals surface area (Å²) in [6.07, 6.45) is 3.50. The van der Waals surface area contributed by atoms with Gasteiger partial charge in [-0.2, -0.15) is 0 Å². The lowest BCUT2D eigenvalue weighted by Gasteiger charge is -2.07. The van der Waals surface area contributed by atoms with E-state index in [1.165, 1.54) is 0 Å². The highest BCUT2D eigenvalue weighted by Gasteiger charge is 2.11. The van der Waals surface area contributed by atoms with Gasteiger partial charge in [0.15, 0.2) is 11.6 Å². The van der Waals surface area contributed by atoms with Gasteiger partial charge in [0.25, 0.3) is 0 Å². The second-order valence-corrected chi connectivity index (χ2v) is 4.42. The quantitative estimate of drug-likeness (QED) is 0.921. The van der Waals surface area contributed by atoms with Crippen LogP contribution in [0.5, 0.6) is 0 Å². The molecule has 2 aromatic heterocycles. The third-order valence-electron chi connectivity index (χ3n) is 2.23. The minimum Gasteiger partial charge on any atom is -0.372 e. The van der Waals surface area contributed by atoms with E-state index in [0.717, 1.165) is 21.5 Å². The van der Waals surface area contributed by atoms with Crippen molar-refractivity contribution in [2.75, 3.05) is 12.4 Å². The molecule has 0 saturated heterocycles. The number of hydrogen-bond donors (Lipinski definition) is 1. The molecule has 6 heteroatoms. The lowest BCUT2D eigenvalue weighted by Crippen LogP contribution is -2.02. The highest BCUT2D eigenvalue weighted by Crippen LogP contribution is 2.24. The van der Waals surface area contributed by atoms with Crippen LogP contribution in [0.2, 0.25) is 0 Å². The van der Waals surface area contributed by atoms with Crippen LogP contribution in [0.25, 0.3) is 11.6 Å². The van der Waals surface area contributed by atoms with Gasteiger partial charge in [0.2, 0.25) is 0 Å². The van der Waals surface area contributed by atoms with Gasteiger partial charge in [-0.05, 0) is 35.3 Å². The zero-order chi connectivity index (χ0) is 12.4. The third-order valence-corrected chi connectivity index (χ3v) is 3.18. The molecule has 5 nitrogen and oxygen atoms in total. The number of rotatable bonds is 2. The van der Waals surface area contributed by atoms with Crippen molar-refractivity contribution in [3.8, 4) is 11.6 Å². The Morgan fingerprint density at radius 1 is 1.06 bits per heavy atom. The summed E-state index contributed by atoms with van der Waals surface area (Å²) in [6.45, 7) is 3.85. The molecule has 0 aliphatic heterocycles. The van der Waals surface area contributed by atoms with Crippen LogP contribution in [-0.2, 0) is 0 Å². The van der Waals surface area contributed by atoms with Crippen LogP contribution in [0.4, 0.5) is 5.82 Å². The first-order valence-corrected chi connectivity index (χ1v) is 5.92. The van der Waals surface area contributed by atoms with Crippen LogP contribution >= 0.6 is 15.9 Å². The van der Waals surface area contributed by atoms with E-state index >= 15 is 0 Å². The molecule has 0 atom stereocenters. The summed E-state index contributed by atoms with van der Waals surface area (Å²) in [5.41, 5.74) is 1.86. The maximum atomic E-state index is 4.36. The first-order valence-electron chi connectivity index (χ1n) is 5.12. The van der Waals surface area contributed by atoms with Crippen molar-refractivity contribution < 1.29 is 0 Å². The molecule has 0 aliphatic carbocycles. The second kappa shape index (κ2) is 4.75. The van der Waals surface area contributed by atoms with E-state index in [2.05, 4.69) is 41.2 Å². The molecule has 0 spiro atoms. The second-order valence-electron chi connectivity index (χ2n) is 3.63. The van der Waals surface area contributed by atoms with Crippen molar-refractivity contribution >= 4 is 21.7 Å². The van der Waals surface area contributed by atoms with E-state index in [1.54, 1.807) is 12.4 Å². The molecule has 0 bridgehead atoms. The minimum atomic E-state index is 0.523. The number of aryl methyl sites for hydroxylation is 2. The van der Waals surface area contributed by atoms with Crippen molar-refractivity contribution in [2.24, 2.45) is 0 Å². The summed E-state index contributed by atoms with van der Waals surface area (Å²) in [5, 5.41) is 3.00. The van der Waals surface area contributed by atoms with Gasteiger partial charge in [0.1, 0.15) is 5.82 Å². The Labute approximate surface area is 108 Å². The number of aromatic nitrogens is 4. The van der Waals surface area contributed by atoms with E-state index in [0.29, 0.717) is 11.6 Å². The highest BCUT2D eigenvalue weighted by molar-refractivity contribution is 9.10. The molecule has 2 heterocycles. The van der Waals surface area contributed by atoms with Gasteiger partial charge in [0, 0.05) is 19.4 Å². The highest BCUT2D eigenvalue weighted by atomic mass is 79.9. The van der Waals surface area contributed by atoms with Crippen molar-refractivity contribution in [3.05, 3.63) is 28.1 Å². The summed E-state index contributed by atoms with van der Waals surface area (Å²) in [7, 11) is 1.81. The van der Waals surface area contributed by atoms with Crippen LogP contribution in [0.3, 0.4) is 0 Å².